The largest absolute Gasteiger partial charge is 0.487 e. The van der Waals surface area contributed by atoms with E-state index in [0.29, 0.717) is 24.0 Å². The van der Waals surface area contributed by atoms with Gasteiger partial charge in [-0.25, -0.2) is 0 Å². The number of nitrogens with zero attached hydrogens (tertiary/aromatic N) is 1. The van der Waals surface area contributed by atoms with Gasteiger partial charge in [-0.3, -0.25) is 9.69 Å². The summed E-state index contributed by atoms with van der Waals surface area (Å²) in [6.45, 7) is 3.55. The van der Waals surface area contributed by atoms with E-state index in [1.54, 1.807) is 7.11 Å². The summed E-state index contributed by atoms with van der Waals surface area (Å²) in [5.41, 5.74) is 5.93. The molecule has 29 heavy (non-hydrogen) atoms. The Kier molecular flexibility index (Phi) is 4.86. The smallest absolute Gasteiger partial charge is 0.260 e. The Bertz CT molecular complexity index is 982. The average Bonchev–Trinajstić information content (AvgIpc) is 3.42. The van der Waals surface area contributed by atoms with Gasteiger partial charge in [-0.05, 0) is 37.4 Å². The van der Waals surface area contributed by atoms with Crippen molar-refractivity contribution < 1.29 is 14.3 Å². The van der Waals surface area contributed by atoms with Crippen molar-refractivity contribution in [1.82, 2.24) is 4.90 Å². The second kappa shape index (κ2) is 7.65. The first kappa shape index (κ1) is 18.4. The standard InChI is InChI=1S/C24H26N2O3/c1-28-15-18-5-4-11-26(18)12-10-16-8-9-19-17(13-16)14-29-23(19)22-20-6-2-3-7-21(20)25-24(22)27/h2-3,6-9,13,18H,4-5,10-12,14-15H2,1H3,(H,25,27). The van der Waals surface area contributed by atoms with Crippen molar-refractivity contribution in [3.63, 3.8) is 0 Å². The minimum atomic E-state index is -0.0867. The molecule has 1 atom stereocenters. The molecule has 0 bridgehead atoms. The summed E-state index contributed by atoms with van der Waals surface area (Å²) in [6.07, 6.45) is 3.50. The lowest BCUT2D eigenvalue weighted by molar-refractivity contribution is -0.110. The maximum atomic E-state index is 12.6. The van der Waals surface area contributed by atoms with Gasteiger partial charge in [0.1, 0.15) is 12.4 Å². The van der Waals surface area contributed by atoms with Gasteiger partial charge in [0.05, 0.1) is 12.2 Å². The molecule has 1 saturated heterocycles. The maximum absolute atomic E-state index is 12.6. The molecule has 5 heteroatoms. The number of anilines is 1. The number of likely N-dealkylation sites (tertiary alicyclic amines) is 1. The van der Waals surface area contributed by atoms with Crippen molar-refractivity contribution in [3.05, 3.63) is 64.7 Å². The van der Waals surface area contributed by atoms with E-state index in [4.69, 9.17) is 9.47 Å². The number of ether oxygens (including phenoxy) is 2. The highest BCUT2D eigenvalue weighted by molar-refractivity contribution is 6.36. The van der Waals surface area contributed by atoms with Crippen molar-refractivity contribution in [3.8, 4) is 0 Å². The topological polar surface area (TPSA) is 50.8 Å². The third kappa shape index (κ3) is 3.34. The zero-order valence-corrected chi connectivity index (χ0v) is 16.7. The number of fused-ring (bicyclic) bond motifs is 2. The Hall–Kier alpha value is -2.63. The van der Waals surface area contributed by atoms with Gasteiger partial charge in [-0.2, -0.15) is 0 Å². The second-order valence-electron chi connectivity index (χ2n) is 8.02. The Labute approximate surface area is 171 Å². The highest BCUT2D eigenvalue weighted by Gasteiger charge is 2.32. The molecule has 1 amide bonds. The van der Waals surface area contributed by atoms with Crippen LogP contribution in [0.15, 0.2) is 42.5 Å². The van der Waals surface area contributed by atoms with Crippen LogP contribution in [0.3, 0.4) is 0 Å². The fraction of sp³-hybridized carbons (Fsp3) is 0.375. The summed E-state index contributed by atoms with van der Waals surface area (Å²) in [5.74, 6) is 0.616. The van der Waals surface area contributed by atoms with Gasteiger partial charge >= 0.3 is 0 Å². The van der Waals surface area contributed by atoms with Gasteiger partial charge in [0, 0.05) is 42.1 Å². The maximum Gasteiger partial charge on any atom is 0.260 e. The fourth-order valence-electron chi connectivity index (χ4n) is 4.76. The lowest BCUT2D eigenvalue weighted by atomic mass is 9.98. The van der Waals surface area contributed by atoms with E-state index in [1.807, 2.05) is 24.3 Å². The molecule has 0 saturated carbocycles. The molecule has 1 fully saturated rings. The summed E-state index contributed by atoms with van der Waals surface area (Å²) in [7, 11) is 1.78. The van der Waals surface area contributed by atoms with Gasteiger partial charge in [0.2, 0.25) is 0 Å². The van der Waals surface area contributed by atoms with E-state index in [9.17, 15) is 4.79 Å². The first-order valence-corrected chi connectivity index (χ1v) is 10.4. The monoisotopic (exact) mass is 390 g/mol. The summed E-state index contributed by atoms with van der Waals surface area (Å²) in [6, 6.07) is 14.9. The molecule has 0 aromatic heterocycles. The zero-order valence-electron chi connectivity index (χ0n) is 16.7. The third-order valence-corrected chi connectivity index (χ3v) is 6.23. The van der Waals surface area contributed by atoms with Gasteiger partial charge in [0.15, 0.2) is 0 Å². The molecule has 3 aliphatic heterocycles. The van der Waals surface area contributed by atoms with E-state index >= 15 is 0 Å². The number of para-hydroxylation sites is 1. The zero-order chi connectivity index (χ0) is 19.8. The van der Waals surface area contributed by atoms with Crippen molar-refractivity contribution in [1.29, 1.82) is 0 Å². The molecule has 3 aliphatic rings. The van der Waals surface area contributed by atoms with Crippen molar-refractivity contribution in [2.75, 3.05) is 32.1 Å². The first-order valence-electron chi connectivity index (χ1n) is 10.4. The summed E-state index contributed by atoms with van der Waals surface area (Å²) < 4.78 is 11.4. The van der Waals surface area contributed by atoms with Gasteiger partial charge in [-0.1, -0.05) is 36.4 Å². The quantitative estimate of drug-likeness (QED) is 0.791. The average molecular weight is 390 g/mol. The SMILES string of the molecule is COCC1CCCN1CCc1ccc2c(c1)COC2=C1C(=O)Nc2ccccc21. The molecule has 0 spiro atoms. The molecule has 3 heterocycles. The van der Waals surface area contributed by atoms with E-state index in [-0.39, 0.29) is 5.91 Å². The number of hydrogen-bond acceptors (Lipinski definition) is 4. The molecular formula is C24H26N2O3. The minimum Gasteiger partial charge on any atom is -0.487 e. The van der Waals surface area contributed by atoms with Crippen LogP contribution in [-0.2, 0) is 27.3 Å². The van der Waals surface area contributed by atoms with Crippen LogP contribution >= 0.6 is 0 Å². The lowest BCUT2D eigenvalue weighted by Crippen LogP contribution is -2.34. The number of nitrogens with one attached hydrogen (secondary N) is 1. The van der Waals surface area contributed by atoms with E-state index in [0.717, 1.165) is 48.5 Å². The molecular weight excluding hydrogens is 364 g/mol. The number of rotatable bonds is 5. The van der Waals surface area contributed by atoms with Crippen LogP contribution in [0, 0.1) is 0 Å². The Balaban J connectivity index is 1.37. The first-order chi connectivity index (χ1) is 14.2. The number of benzene rings is 2. The predicted octanol–water partition coefficient (Wildman–Crippen LogP) is 3.69. The summed E-state index contributed by atoms with van der Waals surface area (Å²) in [4.78, 5) is 15.1. The van der Waals surface area contributed by atoms with E-state index in [1.165, 1.54) is 18.4 Å². The van der Waals surface area contributed by atoms with E-state index < -0.39 is 0 Å². The molecule has 0 radical (unpaired) electrons. The highest BCUT2D eigenvalue weighted by Crippen LogP contribution is 2.41. The Morgan fingerprint density at radius 2 is 2.10 bits per heavy atom. The molecule has 150 valence electrons. The minimum absolute atomic E-state index is 0.0867. The van der Waals surface area contributed by atoms with Crippen LogP contribution in [0.5, 0.6) is 0 Å². The molecule has 5 nitrogen and oxygen atoms in total. The van der Waals surface area contributed by atoms with Crippen LogP contribution < -0.4 is 5.32 Å². The van der Waals surface area contributed by atoms with Crippen LogP contribution in [0.1, 0.15) is 35.1 Å². The Morgan fingerprint density at radius 1 is 1.21 bits per heavy atom. The number of carbonyl (C=O) groups excluding carboxylic acids is 1. The molecule has 0 aliphatic carbocycles. The number of methoxy groups -OCH3 is 1. The molecule has 2 aromatic rings. The van der Waals surface area contributed by atoms with Gasteiger partial charge in [0.25, 0.3) is 5.91 Å². The van der Waals surface area contributed by atoms with Crippen LogP contribution in [-0.4, -0.2) is 43.7 Å². The van der Waals surface area contributed by atoms with Crippen molar-refractivity contribution in [2.24, 2.45) is 0 Å². The summed E-state index contributed by atoms with van der Waals surface area (Å²) >= 11 is 0. The number of carbonyl (C=O) groups is 1. The predicted molar refractivity (Wildman–Crippen MR) is 113 cm³/mol. The van der Waals surface area contributed by atoms with Crippen LogP contribution in [0.4, 0.5) is 5.69 Å². The van der Waals surface area contributed by atoms with Gasteiger partial charge < -0.3 is 14.8 Å². The number of amides is 1. The Morgan fingerprint density at radius 3 is 3.00 bits per heavy atom. The highest BCUT2D eigenvalue weighted by atomic mass is 16.5. The summed E-state index contributed by atoms with van der Waals surface area (Å²) in [5, 5.41) is 2.94. The molecule has 2 aromatic carbocycles. The lowest BCUT2D eigenvalue weighted by Gasteiger charge is -2.23. The van der Waals surface area contributed by atoms with Crippen LogP contribution in [0.25, 0.3) is 11.3 Å². The van der Waals surface area contributed by atoms with Crippen LogP contribution in [0.2, 0.25) is 0 Å². The van der Waals surface area contributed by atoms with Crippen molar-refractivity contribution in [2.45, 2.75) is 31.9 Å². The van der Waals surface area contributed by atoms with Gasteiger partial charge in [-0.15, -0.1) is 0 Å². The molecule has 1 unspecified atom stereocenters. The third-order valence-electron chi connectivity index (χ3n) is 6.23. The molecule has 5 rings (SSSR count). The fourth-order valence-corrected chi connectivity index (χ4v) is 4.76. The number of hydrogen-bond donors (Lipinski definition) is 1. The second-order valence-corrected chi connectivity index (χ2v) is 8.02. The van der Waals surface area contributed by atoms with Crippen molar-refractivity contribution >= 4 is 22.9 Å². The normalized spacial score (nSPS) is 23.1. The molecule has 1 N–H and O–H groups in total. The van der Waals surface area contributed by atoms with E-state index in [2.05, 4.69) is 28.4 Å².